The maximum absolute atomic E-state index is 10.0. The molecule has 0 saturated heterocycles. The van der Waals surface area contributed by atoms with Gasteiger partial charge < -0.3 is 0 Å². The van der Waals surface area contributed by atoms with Crippen LogP contribution in [0.4, 0.5) is 5.69 Å². The van der Waals surface area contributed by atoms with Crippen LogP contribution in [0.25, 0.3) is 10.4 Å². The first kappa shape index (κ1) is 11.7. The van der Waals surface area contributed by atoms with E-state index < -0.39 is 4.92 Å². The SMILES string of the molecule is C=CN=[N+]=[N-].O=[N+]([O-])c1ccccc1. The van der Waals surface area contributed by atoms with Crippen LogP contribution < -0.4 is 0 Å². The number of para-hydroxylation sites is 1. The lowest BCUT2D eigenvalue weighted by Gasteiger charge is -1.85. The highest BCUT2D eigenvalue weighted by Crippen LogP contribution is 2.06. The van der Waals surface area contributed by atoms with Crippen molar-refractivity contribution in [2.75, 3.05) is 0 Å². The van der Waals surface area contributed by atoms with Gasteiger partial charge in [-0.2, -0.15) is 0 Å². The van der Waals surface area contributed by atoms with E-state index in [1.165, 1.54) is 12.1 Å². The van der Waals surface area contributed by atoms with Crippen molar-refractivity contribution in [1.82, 2.24) is 0 Å². The number of nitro groups is 1. The fourth-order valence-corrected chi connectivity index (χ4v) is 0.586. The van der Waals surface area contributed by atoms with E-state index in [4.69, 9.17) is 5.53 Å². The van der Waals surface area contributed by atoms with Crippen molar-refractivity contribution in [3.05, 3.63) is 63.7 Å². The molecule has 0 fully saturated rings. The van der Waals surface area contributed by atoms with E-state index in [0.29, 0.717) is 0 Å². The largest absolute Gasteiger partial charge is 0.269 e. The maximum Gasteiger partial charge on any atom is 0.269 e. The number of benzene rings is 1. The van der Waals surface area contributed by atoms with Crippen molar-refractivity contribution in [3.63, 3.8) is 0 Å². The molecule has 0 aliphatic carbocycles. The Kier molecular flexibility index (Phi) is 6.11. The Morgan fingerprint density at radius 3 is 2.29 bits per heavy atom. The third-order valence-electron chi connectivity index (χ3n) is 1.10. The summed E-state index contributed by atoms with van der Waals surface area (Å²) in [4.78, 5) is 12.0. The second-order valence-electron chi connectivity index (χ2n) is 1.98. The number of rotatable bonds is 2. The molecule has 0 radical (unpaired) electrons. The molecular formula is C8H8N4O2. The Labute approximate surface area is 80.3 Å². The van der Waals surface area contributed by atoms with Gasteiger partial charge in [0, 0.05) is 17.0 Å². The zero-order chi connectivity index (χ0) is 10.8. The van der Waals surface area contributed by atoms with Crippen LogP contribution in [0.1, 0.15) is 0 Å². The molecule has 1 rings (SSSR count). The molecule has 0 bridgehead atoms. The van der Waals surface area contributed by atoms with Crippen LogP contribution in [0.2, 0.25) is 0 Å². The highest BCUT2D eigenvalue weighted by atomic mass is 16.6. The topological polar surface area (TPSA) is 91.9 Å². The van der Waals surface area contributed by atoms with E-state index in [2.05, 4.69) is 16.6 Å². The lowest BCUT2D eigenvalue weighted by molar-refractivity contribution is -0.384. The van der Waals surface area contributed by atoms with E-state index in [-0.39, 0.29) is 5.69 Å². The van der Waals surface area contributed by atoms with Gasteiger partial charge in [0.2, 0.25) is 0 Å². The van der Waals surface area contributed by atoms with Crippen LogP contribution >= 0.6 is 0 Å². The Morgan fingerprint density at radius 1 is 1.50 bits per heavy atom. The summed E-state index contributed by atoms with van der Waals surface area (Å²) in [6.07, 6.45) is 1.14. The van der Waals surface area contributed by atoms with Crippen LogP contribution in [0.3, 0.4) is 0 Å². The quantitative estimate of drug-likeness (QED) is 0.237. The standard InChI is InChI=1S/C6H5NO2.C2H3N3/c8-7(9)6-4-2-1-3-5-6;1-2-4-5-3/h1-5H;2H,1H2. The minimum absolute atomic E-state index is 0.137. The van der Waals surface area contributed by atoms with Crippen molar-refractivity contribution in [1.29, 1.82) is 0 Å². The lowest BCUT2D eigenvalue weighted by atomic mass is 10.3. The van der Waals surface area contributed by atoms with Crippen LogP contribution in [0.15, 0.2) is 48.2 Å². The minimum Gasteiger partial charge on any atom is -0.258 e. The van der Waals surface area contributed by atoms with E-state index >= 15 is 0 Å². The van der Waals surface area contributed by atoms with Crippen molar-refractivity contribution in [3.8, 4) is 0 Å². The van der Waals surface area contributed by atoms with Gasteiger partial charge in [-0.25, -0.2) is 0 Å². The van der Waals surface area contributed by atoms with Crippen molar-refractivity contribution in [2.24, 2.45) is 5.11 Å². The van der Waals surface area contributed by atoms with Gasteiger partial charge in [0.15, 0.2) is 0 Å². The fourth-order valence-electron chi connectivity index (χ4n) is 0.586. The molecule has 0 amide bonds. The number of non-ortho nitro benzene ring substituents is 1. The van der Waals surface area contributed by atoms with Gasteiger partial charge in [0.1, 0.15) is 0 Å². The van der Waals surface area contributed by atoms with E-state index in [1.807, 2.05) is 0 Å². The highest BCUT2D eigenvalue weighted by molar-refractivity contribution is 5.27. The van der Waals surface area contributed by atoms with Crippen molar-refractivity contribution >= 4 is 5.69 Å². The average molecular weight is 192 g/mol. The van der Waals surface area contributed by atoms with Crippen LogP contribution in [-0.4, -0.2) is 4.92 Å². The monoisotopic (exact) mass is 192 g/mol. The summed E-state index contributed by atoms with van der Waals surface area (Å²) < 4.78 is 0. The molecule has 0 N–H and O–H groups in total. The van der Waals surface area contributed by atoms with E-state index in [0.717, 1.165) is 6.20 Å². The minimum atomic E-state index is -0.417. The van der Waals surface area contributed by atoms with Gasteiger partial charge in [0.25, 0.3) is 5.69 Å². The molecule has 6 heteroatoms. The molecule has 0 spiro atoms. The van der Waals surface area contributed by atoms with Crippen molar-refractivity contribution in [2.45, 2.75) is 0 Å². The van der Waals surface area contributed by atoms with Gasteiger partial charge in [0.05, 0.1) is 4.92 Å². The molecule has 6 nitrogen and oxygen atoms in total. The molecule has 0 saturated carbocycles. The molecule has 0 aliphatic rings. The molecular weight excluding hydrogens is 184 g/mol. The Hall–Kier alpha value is -2.33. The highest BCUT2D eigenvalue weighted by Gasteiger charge is 1.98. The van der Waals surface area contributed by atoms with Crippen LogP contribution in [0, 0.1) is 10.1 Å². The van der Waals surface area contributed by atoms with E-state index in [1.54, 1.807) is 18.2 Å². The third-order valence-corrected chi connectivity index (χ3v) is 1.10. The average Bonchev–Trinajstić information content (AvgIpc) is 2.21. The molecule has 0 unspecified atom stereocenters. The summed E-state index contributed by atoms with van der Waals surface area (Å²) in [5.74, 6) is 0. The summed E-state index contributed by atoms with van der Waals surface area (Å²) in [7, 11) is 0. The maximum atomic E-state index is 10.0. The van der Waals surface area contributed by atoms with Crippen LogP contribution in [-0.2, 0) is 0 Å². The first-order chi connectivity index (χ1) is 6.72. The van der Waals surface area contributed by atoms with Gasteiger partial charge in [-0.05, 0) is 11.7 Å². The first-order valence-electron chi connectivity index (χ1n) is 3.57. The molecule has 0 aromatic heterocycles. The summed E-state index contributed by atoms with van der Waals surface area (Å²) in [6, 6.07) is 7.93. The predicted octanol–water partition coefficient (Wildman–Crippen LogP) is 3.04. The van der Waals surface area contributed by atoms with Gasteiger partial charge in [-0.15, -0.1) is 0 Å². The number of azide groups is 1. The molecule has 0 atom stereocenters. The van der Waals surface area contributed by atoms with E-state index in [9.17, 15) is 10.1 Å². The smallest absolute Gasteiger partial charge is 0.258 e. The Morgan fingerprint density at radius 2 is 2.07 bits per heavy atom. The number of hydrogen-bond acceptors (Lipinski definition) is 3. The van der Waals surface area contributed by atoms with Gasteiger partial charge >= 0.3 is 0 Å². The molecule has 1 aromatic rings. The molecule has 0 heterocycles. The fraction of sp³-hybridized carbons (Fsp3) is 0. The third kappa shape index (κ3) is 5.34. The molecule has 72 valence electrons. The number of nitro benzene ring substituents is 1. The molecule has 0 aliphatic heterocycles. The summed E-state index contributed by atoms with van der Waals surface area (Å²) in [5, 5.41) is 12.9. The predicted molar refractivity (Wildman–Crippen MR) is 52.4 cm³/mol. The zero-order valence-corrected chi connectivity index (χ0v) is 7.28. The second-order valence-corrected chi connectivity index (χ2v) is 1.98. The van der Waals surface area contributed by atoms with Gasteiger partial charge in [-0.3, -0.25) is 10.1 Å². The van der Waals surface area contributed by atoms with Crippen LogP contribution in [0.5, 0.6) is 0 Å². The Bertz CT molecular complexity index is 344. The lowest BCUT2D eigenvalue weighted by Crippen LogP contribution is -1.84. The molecule has 14 heavy (non-hydrogen) atoms. The number of nitrogens with zero attached hydrogens (tertiary/aromatic N) is 4. The molecule has 1 aromatic carbocycles. The summed E-state index contributed by atoms with van der Waals surface area (Å²) in [6.45, 7) is 3.13. The summed E-state index contributed by atoms with van der Waals surface area (Å²) in [5.41, 5.74) is 7.59. The second kappa shape index (κ2) is 7.33. The van der Waals surface area contributed by atoms with Gasteiger partial charge in [-0.1, -0.05) is 29.9 Å². The normalized spacial score (nSPS) is 7.43. The number of hydrogen-bond donors (Lipinski definition) is 0. The Balaban J connectivity index is 0.000000292. The zero-order valence-electron chi connectivity index (χ0n) is 7.28. The first-order valence-corrected chi connectivity index (χ1v) is 3.57. The summed E-state index contributed by atoms with van der Waals surface area (Å²) >= 11 is 0. The van der Waals surface area contributed by atoms with Crippen molar-refractivity contribution < 1.29 is 4.92 Å².